The van der Waals surface area contributed by atoms with Crippen molar-refractivity contribution in [1.82, 2.24) is 19.7 Å². The summed E-state index contributed by atoms with van der Waals surface area (Å²) in [6, 6.07) is 12.3. The van der Waals surface area contributed by atoms with Crippen LogP contribution in [-0.4, -0.2) is 71.3 Å². The first-order chi connectivity index (χ1) is 16.1. The third kappa shape index (κ3) is 7.03. The third-order valence-corrected chi connectivity index (χ3v) is 5.19. The standard InChI is InChI=1S/C23H28N4O3.CH2O2/c1-18-7-9-27(25-18)12-15-30-22-6-5-19(21-4-3-8-24-23(21)28-2)16-20(22)17-26-10-13-29-14-11-26;2-1-3/h3-9,16H,10-15,17H2,1-2H3;1H,(H,2,3). The van der Waals surface area contributed by atoms with E-state index in [-0.39, 0.29) is 6.47 Å². The lowest BCUT2D eigenvalue weighted by Crippen LogP contribution is -2.35. The van der Waals surface area contributed by atoms with Gasteiger partial charge in [-0.15, -0.1) is 0 Å². The topological polar surface area (TPSA) is 98.9 Å². The van der Waals surface area contributed by atoms with E-state index in [1.165, 1.54) is 0 Å². The molecule has 9 nitrogen and oxygen atoms in total. The maximum Gasteiger partial charge on any atom is 0.290 e. The summed E-state index contributed by atoms with van der Waals surface area (Å²) in [5.74, 6) is 1.52. The molecule has 0 radical (unpaired) electrons. The molecule has 176 valence electrons. The van der Waals surface area contributed by atoms with E-state index in [1.54, 1.807) is 13.3 Å². The molecule has 0 spiro atoms. The number of carbonyl (C=O) groups is 1. The highest BCUT2D eigenvalue weighted by Gasteiger charge is 2.16. The first-order valence-electron chi connectivity index (χ1n) is 10.8. The Morgan fingerprint density at radius 1 is 1.21 bits per heavy atom. The zero-order valence-corrected chi connectivity index (χ0v) is 19.0. The fourth-order valence-corrected chi connectivity index (χ4v) is 3.62. The van der Waals surface area contributed by atoms with Crippen LogP contribution in [0.4, 0.5) is 0 Å². The predicted octanol–water partition coefficient (Wildman–Crippen LogP) is 2.87. The maximum atomic E-state index is 8.36. The van der Waals surface area contributed by atoms with Crippen LogP contribution in [0.15, 0.2) is 48.8 Å². The van der Waals surface area contributed by atoms with Crippen LogP contribution in [0.25, 0.3) is 11.1 Å². The molecule has 3 heterocycles. The number of hydrogen-bond donors (Lipinski definition) is 1. The fraction of sp³-hybridized carbons (Fsp3) is 0.375. The van der Waals surface area contributed by atoms with Crippen molar-refractivity contribution >= 4 is 6.47 Å². The van der Waals surface area contributed by atoms with E-state index in [0.29, 0.717) is 19.0 Å². The SMILES string of the molecule is COc1ncccc1-c1ccc(OCCn2ccc(C)n2)c(CN2CCOCC2)c1.O=CO. The summed E-state index contributed by atoms with van der Waals surface area (Å²) < 4.78 is 19.0. The van der Waals surface area contributed by atoms with Gasteiger partial charge in [-0.25, -0.2) is 4.98 Å². The first-order valence-corrected chi connectivity index (χ1v) is 10.8. The second kappa shape index (κ2) is 12.6. The maximum absolute atomic E-state index is 8.36. The van der Waals surface area contributed by atoms with Crippen LogP contribution in [-0.2, 0) is 22.6 Å². The van der Waals surface area contributed by atoms with Gasteiger partial charge in [0.15, 0.2) is 0 Å². The van der Waals surface area contributed by atoms with Crippen molar-refractivity contribution in [1.29, 1.82) is 0 Å². The van der Waals surface area contributed by atoms with Gasteiger partial charge in [-0.3, -0.25) is 14.4 Å². The van der Waals surface area contributed by atoms with Gasteiger partial charge in [0.05, 0.1) is 32.6 Å². The lowest BCUT2D eigenvalue weighted by Gasteiger charge is -2.27. The Labute approximate surface area is 193 Å². The van der Waals surface area contributed by atoms with Crippen LogP contribution in [0.2, 0.25) is 0 Å². The predicted molar refractivity (Wildman–Crippen MR) is 123 cm³/mol. The summed E-state index contributed by atoms with van der Waals surface area (Å²) in [6.45, 7) is 7.21. The minimum Gasteiger partial charge on any atom is -0.491 e. The second-order valence-corrected chi connectivity index (χ2v) is 7.45. The number of ether oxygens (including phenoxy) is 3. The van der Waals surface area contributed by atoms with Gasteiger partial charge in [-0.1, -0.05) is 6.07 Å². The summed E-state index contributed by atoms with van der Waals surface area (Å²) in [5, 5.41) is 11.3. The molecule has 1 aromatic carbocycles. The van der Waals surface area contributed by atoms with Gasteiger partial charge in [0.2, 0.25) is 5.88 Å². The number of rotatable bonds is 8. The number of carboxylic acid groups (broad SMARTS) is 1. The van der Waals surface area contributed by atoms with E-state index in [2.05, 4.69) is 27.1 Å². The smallest absolute Gasteiger partial charge is 0.290 e. The molecular formula is C24H30N4O5. The monoisotopic (exact) mass is 454 g/mol. The average molecular weight is 455 g/mol. The van der Waals surface area contributed by atoms with Gasteiger partial charge in [-0.05, 0) is 42.8 Å². The van der Waals surface area contributed by atoms with Crippen LogP contribution in [0, 0.1) is 6.92 Å². The molecule has 0 aliphatic carbocycles. The quantitative estimate of drug-likeness (QED) is 0.519. The molecule has 1 aliphatic rings. The van der Waals surface area contributed by atoms with Crippen molar-refractivity contribution in [3.63, 3.8) is 0 Å². The lowest BCUT2D eigenvalue weighted by molar-refractivity contribution is -0.122. The molecule has 0 atom stereocenters. The van der Waals surface area contributed by atoms with Crippen molar-refractivity contribution in [3.05, 3.63) is 60.0 Å². The summed E-state index contributed by atoms with van der Waals surface area (Å²) in [7, 11) is 1.65. The molecule has 9 heteroatoms. The largest absolute Gasteiger partial charge is 0.491 e. The van der Waals surface area contributed by atoms with E-state index in [9.17, 15) is 0 Å². The highest BCUT2D eigenvalue weighted by Crippen LogP contribution is 2.32. The van der Waals surface area contributed by atoms with Crippen molar-refractivity contribution in [2.24, 2.45) is 0 Å². The Kier molecular flexibility index (Phi) is 9.22. The zero-order valence-electron chi connectivity index (χ0n) is 19.0. The molecule has 1 aliphatic heterocycles. The van der Waals surface area contributed by atoms with Gasteiger partial charge < -0.3 is 19.3 Å². The Morgan fingerprint density at radius 2 is 2.00 bits per heavy atom. The van der Waals surface area contributed by atoms with E-state index in [1.807, 2.05) is 42.1 Å². The molecule has 1 N–H and O–H groups in total. The zero-order chi connectivity index (χ0) is 23.5. The van der Waals surface area contributed by atoms with Crippen LogP contribution in [0.5, 0.6) is 11.6 Å². The number of pyridine rings is 1. The highest BCUT2D eigenvalue weighted by atomic mass is 16.5. The molecule has 4 rings (SSSR count). The number of methoxy groups -OCH3 is 1. The number of benzene rings is 1. The molecule has 1 fully saturated rings. The summed E-state index contributed by atoms with van der Waals surface area (Å²) in [6.07, 6.45) is 3.72. The highest BCUT2D eigenvalue weighted by molar-refractivity contribution is 5.70. The molecule has 0 amide bonds. The number of morpholine rings is 1. The van der Waals surface area contributed by atoms with Gasteiger partial charge in [0, 0.05) is 43.2 Å². The Bertz CT molecular complexity index is 1020. The molecule has 0 saturated carbocycles. The van der Waals surface area contributed by atoms with Gasteiger partial charge in [0.25, 0.3) is 6.47 Å². The molecular weight excluding hydrogens is 424 g/mol. The van der Waals surface area contributed by atoms with Crippen LogP contribution < -0.4 is 9.47 Å². The van der Waals surface area contributed by atoms with Crippen molar-refractivity contribution < 1.29 is 24.1 Å². The fourth-order valence-electron chi connectivity index (χ4n) is 3.62. The van der Waals surface area contributed by atoms with Crippen LogP contribution >= 0.6 is 0 Å². The van der Waals surface area contributed by atoms with Crippen LogP contribution in [0.3, 0.4) is 0 Å². The first kappa shape index (κ1) is 24.2. The molecule has 0 bridgehead atoms. The minimum atomic E-state index is -0.250. The van der Waals surface area contributed by atoms with Gasteiger partial charge in [0.1, 0.15) is 12.4 Å². The number of hydrogen-bond acceptors (Lipinski definition) is 7. The average Bonchev–Trinajstić information content (AvgIpc) is 3.26. The van der Waals surface area contributed by atoms with E-state index in [4.69, 9.17) is 24.1 Å². The van der Waals surface area contributed by atoms with E-state index >= 15 is 0 Å². The number of aromatic nitrogens is 3. The second-order valence-electron chi connectivity index (χ2n) is 7.45. The molecule has 33 heavy (non-hydrogen) atoms. The Hall–Kier alpha value is -3.43. The number of aryl methyl sites for hydroxylation is 1. The van der Waals surface area contributed by atoms with Crippen molar-refractivity contribution in [2.45, 2.75) is 20.0 Å². The van der Waals surface area contributed by atoms with Gasteiger partial charge >= 0.3 is 0 Å². The Balaban J connectivity index is 0.000000968. The van der Waals surface area contributed by atoms with Crippen molar-refractivity contribution in [3.8, 4) is 22.8 Å². The normalized spacial score (nSPS) is 13.6. The van der Waals surface area contributed by atoms with Crippen molar-refractivity contribution in [2.75, 3.05) is 40.0 Å². The third-order valence-electron chi connectivity index (χ3n) is 5.19. The molecule has 2 aromatic heterocycles. The molecule has 1 saturated heterocycles. The summed E-state index contributed by atoms with van der Waals surface area (Å²) in [4.78, 5) is 15.1. The molecule has 3 aromatic rings. The summed E-state index contributed by atoms with van der Waals surface area (Å²) in [5.41, 5.74) is 4.20. The minimum absolute atomic E-state index is 0.250. The van der Waals surface area contributed by atoms with Gasteiger partial charge in [-0.2, -0.15) is 5.10 Å². The Morgan fingerprint density at radius 3 is 2.70 bits per heavy atom. The summed E-state index contributed by atoms with van der Waals surface area (Å²) >= 11 is 0. The van der Waals surface area contributed by atoms with E-state index in [0.717, 1.165) is 61.0 Å². The van der Waals surface area contributed by atoms with E-state index < -0.39 is 0 Å². The number of nitrogens with zero attached hydrogens (tertiary/aromatic N) is 4. The molecule has 0 unspecified atom stereocenters. The van der Waals surface area contributed by atoms with Crippen LogP contribution in [0.1, 0.15) is 11.3 Å². The lowest BCUT2D eigenvalue weighted by atomic mass is 10.0.